The molecule has 0 spiro atoms. The summed E-state index contributed by atoms with van der Waals surface area (Å²) in [7, 11) is 0. The van der Waals surface area contributed by atoms with Crippen molar-refractivity contribution in [2.24, 2.45) is 0 Å². The van der Waals surface area contributed by atoms with Crippen LogP contribution in [0.4, 0.5) is 0 Å². The van der Waals surface area contributed by atoms with E-state index in [1.807, 2.05) is 0 Å². The average Bonchev–Trinajstić information content (AvgIpc) is 2.36. The Hall–Kier alpha value is -2.26. The minimum atomic E-state index is -0.532. The monoisotopic (exact) mass is 247 g/mol. The Morgan fingerprint density at radius 2 is 2.06 bits per heavy atom. The van der Waals surface area contributed by atoms with Gasteiger partial charge in [0, 0.05) is 31.3 Å². The van der Waals surface area contributed by atoms with Crippen LogP contribution >= 0.6 is 0 Å². The molecular weight excluding hydrogens is 234 g/mol. The van der Waals surface area contributed by atoms with Crippen molar-refractivity contribution in [2.45, 2.75) is 6.04 Å². The van der Waals surface area contributed by atoms with Gasteiger partial charge in [0.05, 0.1) is 6.07 Å². The Bertz CT molecular complexity index is 490. The highest BCUT2D eigenvalue weighted by atomic mass is 16.3. The van der Waals surface area contributed by atoms with Gasteiger partial charge in [0.2, 0.25) is 0 Å². The lowest BCUT2D eigenvalue weighted by molar-refractivity contribution is 0.0686. The number of hydrogen-bond donors (Lipinski definition) is 3. The minimum Gasteiger partial charge on any atom is -0.508 e. The third-order valence-corrected chi connectivity index (χ3v) is 2.80. The van der Waals surface area contributed by atoms with Gasteiger partial charge in [0.25, 0.3) is 5.91 Å². The third-order valence-electron chi connectivity index (χ3n) is 2.80. The predicted molar refractivity (Wildman–Crippen MR) is 63.1 cm³/mol. The Morgan fingerprint density at radius 1 is 1.39 bits per heavy atom. The second-order valence-electron chi connectivity index (χ2n) is 4.09. The molecule has 1 amide bonds. The maximum absolute atomic E-state index is 12.2. The van der Waals surface area contributed by atoms with Crippen molar-refractivity contribution in [3.05, 3.63) is 23.8 Å². The molecule has 0 radical (unpaired) electrons. The van der Waals surface area contributed by atoms with Crippen LogP contribution < -0.4 is 5.32 Å². The molecule has 1 aliphatic heterocycles. The van der Waals surface area contributed by atoms with Crippen molar-refractivity contribution in [3.63, 3.8) is 0 Å². The van der Waals surface area contributed by atoms with E-state index in [4.69, 9.17) is 5.26 Å². The Labute approximate surface area is 104 Å². The Morgan fingerprint density at radius 3 is 2.67 bits per heavy atom. The second kappa shape index (κ2) is 4.94. The van der Waals surface area contributed by atoms with E-state index < -0.39 is 6.04 Å². The van der Waals surface area contributed by atoms with Gasteiger partial charge in [0.15, 0.2) is 0 Å². The van der Waals surface area contributed by atoms with E-state index in [-0.39, 0.29) is 23.0 Å². The Balaban J connectivity index is 2.27. The van der Waals surface area contributed by atoms with Crippen LogP contribution in [0, 0.1) is 11.3 Å². The van der Waals surface area contributed by atoms with Gasteiger partial charge in [-0.05, 0) is 12.1 Å². The number of benzene rings is 1. The number of amides is 1. The van der Waals surface area contributed by atoms with E-state index in [2.05, 4.69) is 11.4 Å². The van der Waals surface area contributed by atoms with Crippen molar-refractivity contribution in [1.29, 1.82) is 5.26 Å². The van der Waals surface area contributed by atoms with Crippen molar-refractivity contribution < 1.29 is 15.0 Å². The molecule has 1 fully saturated rings. The number of rotatable bonds is 1. The van der Waals surface area contributed by atoms with Crippen molar-refractivity contribution in [3.8, 4) is 17.6 Å². The van der Waals surface area contributed by atoms with Gasteiger partial charge in [-0.2, -0.15) is 5.26 Å². The van der Waals surface area contributed by atoms with Crippen LogP contribution in [0.2, 0.25) is 0 Å². The van der Waals surface area contributed by atoms with Crippen LogP contribution in [0.5, 0.6) is 11.5 Å². The molecule has 1 atom stereocenters. The predicted octanol–water partition coefficient (Wildman–Crippen LogP) is 0.0354. The van der Waals surface area contributed by atoms with Gasteiger partial charge in [0.1, 0.15) is 17.5 Å². The summed E-state index contributed by atoms with van der Waals surface area (Å²) < 4.78 is 0. The van der Waals surface area contributed by atoms with Crippen molar-refractivity contribution >= 4 is 5.91 Å². The molecule has 1 saturated heterocycles. The molecule has 0 bridgehead atoms. The summed E-state index contributed by atoms with van der Waals surface area (Å²) in [4.78, 5) is 13.6. The molecule has 0 saturated carbocycles. The zero-order chi connectivity index (χ0) is 13.1. The first-order valence-electron chi connectivity index (χ1n) is 5.56. The number of nitrogens with zero attached hydrogens (tertiary/aromatic N) is 2. The maximum atomic E-state index is 12.2. The molecule has 2 rings (SSSR count). The molecule has 94 valence electrons. The highest BCUT2D eigenvalue weighted by molar-refractivity contribution is 5.95. The van der Waals surface area contributed by atoms with Crippen LogP contribution in [0.3, 0.4) is 0 Å². The molecule has 1 aromatic rings. The van der Waals surface area contributed by atoms with E-state index in [0.29, 0.717) is 19.6 Å². The van der Waals surface area contributed by atoms with Gasteiger partial charge in [-0.25, -0.2) is 0 Å². The van der Waals surface area contributed by atoms with Gasteiger partial charge >= 0.3 is 0 Å². The van der Waals surface area contributed by atoms with Gasteiger partial charge < -0.3 is 20.4 Å². The maximum Gasteiger partial charge on any atom is 0.255 e. The fourth-order valence-electron chi connectivity index (χ4n) is 1.95. The van der Waals surface area contributed by atoms with E-state index in [1.54, 1.807) is 0 Å². The second-order valence-corrected chi connectivity index (χ2v) is 4.09. The largest absolute Gasteiger partial charge is 0.508 e. The zero-order valence-corrected chi connectivity index (χ0v) is 9.63. The third kappa shape index (κ3) is 2.36. The number of phenolic OH excluding ortho intramolecular Hbond substituents is 2. The fourth-order valence-corrected chi connectivity index (χ4v) is 1.95. The lowest BCUT2D eigenvalue weighted by Crippen LogP contribution is -2.53. The zero-order valence-electron chi connectivity index (χ0n) is 9.63. The number of carbonyl (C=O) groups excluding carboxylic acids is 1. The fraction of sp³-hybridized carbons (Fsp3) is 0.333. The van der Waals surface area contributed by atoms with E-state index in [1.165, 1.54) is 17.0 Å². The molecule has 0 aliphatic carbocycles. The van der Waals surface area contributed by atoms with Crippen LogP contribution in [0.15, 0.2) is 18.2 Å². The van der Waals surface area contributed by atoms with Gasteiger partial charge in [-0.1, -0.05) is 0 Å². The first-order valence-corrected chi connectivity index (χ1v) is 5.56. The summed E-state index contributed by atoms with van der Waals surface area (Å²) in [5.74, 6) is -0.724. The standard InChI is InChI=1S/C12H13N3O3/c13-6-9-7-14-1-2-15(9)12(18)8-3-10(16)5-11(17)4-8/h3-5,9,14,16-17H,1-2,7H2. The first kappa shape index (κ1) is 12.2. The van der Waals surface area contributed by atoms with Gasteiger partial charge in [-0.15, -0.1) is 0 Å². The quantitative estimate of drug-likeness (QED) is 0.651. The summed E-state index contributed by atoms with van der Waals surface area (Å²) in [6.45, 7) is 1.47. The average molecular weight is 247 g/mol. The van der Waals surface area contributed by atoms with E-state index >= 15 is 0 Å². The number of piperazine rings is 1. The summed E-state index contributed by atoms with van der Waals surface area (Å²) >= 11 is 0. The van der Waals surface area contributed by atoms with E-state index in [0.717, 1.165) is 6.07 Å². The molecule has 18 heavy (non-hydrogen) atoms. The number of nitrogens with one attached hydrogen (secondary N) is 1. The first-order chi connectivity index (χ1) is 8.61. The van der Waals surface area contributed by atoms with E-state index in [9.17, 15) is 15.0 Å². The summed E-state index contributed by atoms with van der Waals surface area (Å²) in [6.07, 6.45) is 0. The van der Waals surface area contributed by atoms with Crippen molar-refractivity contribution in [1.82, 2.24) is 10.2 Å². The molecular formula is C12H13N3O3. The topological polar surface area (TPSA) is 96.6 Å². The number of phenols is 2. The normalized spacial score (nSPS) is 19.3. The van der Waals surface area contributed by atoms with Crippen LogP contribution in [0.25, 0.3) is 0 Å². The summed E-state index contributed by atoms with van der Waals surface area (Å²) in [5.41, 5.74) is 0.176. The number of nitriles is 1. The van der Waals surface area contributed by atoms with Crippen LogP contribution in [-0.2, 0) is 0 Å². The highest BCUT2D eigenvalue weighted by Crippen LogP contribution is 2.22. The molecule has 1 aliphatic rings. The number of carbonyl (C=O) groups is 1. The lowest BCUT2D eigenvalue weighted by Gasteiger charge is -2.32. The number of aromatic hydroxyl groups is 2. The highest BCUT2D eigenvalue weighted by Gasteiger charge is 2.27. The molecule has 0 aromatic heterocycles. The molecule has 6 nitrogen and oxygen atoms in total. The molecule has 6 heteroatoms. The SMILES string of the molecule is N#CC1CNCCN1C(=O)c1cc(O)cc(O)c1. The molecule has 1 heterocycles. The van der Waals surface area contributed by atoms with Crippen LogP contribution in [-0.4, -0.2) is 46.7 Å². The summed E-state index contributed by atoms with van der Waals surface area (Å²) in [5, 5.41) is 30.7. The molecule has 3 N–H and O–H groups in total. The summed E-state index contributed by atoms with van der Waals surface area (Å²) in [6, 6.07) is 5.22. The van der Waals surface area contributed by atoms with Crippen molar-refractivity contribution in [2.75, 3.05) is 19.6 Å². The minimum absolute atomic E-state index is 0.176. The lowest BCUT2D eigenvalue weighted by atomic mass is 10.1. The smallest absolute Gasteiger partial charge is 0.255 e. The molecule has 1 aromatic carbocycles. The number of hydrogen-bond acceptors (Lipinski definition) is 5. The van der Waals surface area contributed by atoms with Crippen LogP contribution in [0.1, 0.15) is 10.4 Å². The van der Waals surface area contributed by atoms with Gasteiger partial charge in [-0.3, -0.25) is 4.79 Å². The molecule has 1 unspecified atom stereocenters. The Kier molecular flexibility index (Phi) is 3.35.